The van der Waals surface area contributed by atoms with Crippen LogP contribution in [0.3, 0.4) is 0 Å². The second-order valence-electron chi connectivity index (χ2n) is 3.89. The van der Waals surface area contributed by atoms with E-state index in [-0.39, 0.29) is 24.4 Å². The van der Waals surface area contributed by atoms with Crippen LogP contribution < -0.4 is 10.6 Å². The minimum Gasteiger partial charge on any atom is -0.394 e. The Kier molecular flexibility index (Phi) is 6.85. The third-order valence-corrected chi connectivity index (χ3v) is 2.67. The highest BCUT2D eigenvalue weighted by atomic mass is 35.5. The molecule has 1 heterocycles. The zero-order valence-corrected chi connectivity index (χ0v) is 9.79. The lowest BCUT2D eigenvalue weighted by Crippen LogP contribution is -2.60. The summed E-state index contributed by atoms with van der Waals surface area (Å²) < 4.78 is 0. The van der Waals surface area contributed by atoms with Crippen molar-refractivity contribution in [3.8, 4) is 0 Å². The Balaban J connectivity index is 0.00000225. The molecule has 1 atom stereocenters. The number of halogens is 1. The average Bonchev–Trinajstić information content (AvgIpc) is 2.79. The Bertz CT molecular complexity index is 209. The van der Waals surface area contributed by atoms with Gasteiger partial charge in [0.15, 0.2) is 0 Å². The Morgan fingerprint density at radius 3 is 2.25 bits per heavy atom. The Morgan fingerprint density at radius 1 is 1.31 bits per heavy atom. The summed E-state index contributed by atoms with van der Waals surface area (Å²) in [5.41, 5.74) is -1.32. The molecule has 1 fully saturated rings. The van der Waals surface area contributed by atoms with Crippen molar-refractivity contribution in [3.63, 3.8) is 0 Å². The van der Waals surface area contributed by atoms with Crippen molar-refractivity contribution in [2.24, 2.45) is 0 Å². The standard InChI is InChI=1S/C9H18N2O4.ClH/c12-4-9(5-13,6-14)11-8(15)7-2-1-3-10-7;/h7,10,12-14H,1-6H2,(H,11,15);1H/t7-;/m1./s1. The molecule has 0 radical (unpaired) electrons. The van der Waals surface area contributed by atoms with Gasteiger partial charge in [-0.3, -0.25) is 4.79 Å². The molecule has 1 saturated heterocycles. The molecule has 7 heteroatoms. The SMILES string of the molecule is Cl.O=C(NC(CO)(CO)CO)[C@H]1CCCN1. The van der Waals surface area contributed by atoms with Crippen molar-refractivity contribution in [1.29, 1.82) is 0 Å². The van der Waals surface area contributed by atoms with Crippen LogP contribution in [0.15, 0.2) is 0 Å². The molecular weight excluding hydrogens is 236 g/mol. The summed E-state index contributed by atoms with van der Waals surface area (Å²) in [4.78, 5) is 11.6. The summed E-state index contributed by atoms with van der Waals surface area (Å²) in [7, 11) is 0. The molecule has 0 unspecified atom stereocenters. The number of hydrogen-bond acceptors (Lipinski definition) is 5. The lowest BCUT2D eigenvalue weighted by Gasteiger charge is -2.29. The number of aliphatic hydroxyl groups is 3. The first-order valence-electron chi connectivity index (χ1n) is 5.05. The molecule has 1 rings (SSSR count). The first kappa shape index (κ1) is 15.6. The van der Waals surface area contributed by atoms with Crippen LogP contribution >= 0.6 is 12.4 Å². The summed E-state index contributed by atoms with van der Waals surface area (Å²) in [6.07, 6.45) is 1.67. The number of carbonyl (C=O) groups is 1. The van der Waals surface area contributed by atoms with Gasteiger partial charge < -0.3 is 26.0 Å². The molecule has 0 aromatic rings. The second kappa shape index (κ2) is 7.03. The van der Waals surface area contributed by atoms with Crippen molar-refractivity contribution in [2.45, 2.75) is 24.4 Å². The van der Waals surface area contributed by atoms with Crippen molar-refractivity contribution in [1.82, 2.24) is 10.6 Å². The van der Waals surface area contributed by atoms with Crippen molar-refractivity contribution in [2.75, 3.05) is 26.4 Å². The summed E-state index contributed by atoms with van der Waals surface area (Å²) in [6, 6.07) is -0.283. The summed E-state index contributed by atoms with van der Waals surface area (Å²) >= 11 is 0. The fourth-order valence-electron chi connectivity index (χ4n) is 1.53. The minimum absolute atomic E-state index is 0. The minimum atomic E-state index is -1.32. The van der Waals surface area contributed by atoms with Gasteiger partial charge in [-0.15, -0.1) is 12.4 Å². The number of nitrogens with one attached hydrogen (secondary N) is 2. The molecule has 1 amide bonds. The number of aliphatic hydroxyl groups excluding tert-OH is 3. The molecule has 0 saturated carbocycles. The second-order valence-corrected chi connectivity index (χ2v) is 3.89. The molecular formula is C9H19ClN2O4. The van der Waals surface area contributed by atoms with Gasteiger partial charge in [0, 0.05) is 0 Å². The maximum Gasteiger partial charge on any atom is 0.237 e. The maximum absolute atomic E-state index is 11.6. The molecule has 0 spiro atoms. The van der Waals surface area contributed by atoms with Gasteiger partial charge in [-0.2, -0.15) is 0 Å². The van der Waals surface area contributed by atoms with E-state index in [0.717, 1.165) is 19.4 Å². The van der Waals surface area contributed by atoms with Crippen molar-refractivity contribution < 1.29 is 20.1 Å². The van der Waals surface area contributed by atoms with Gasteiger partial charge in [-0.1, -0.05) is 0 Å². The fourth-order valence-corrected chi connectivity index (χ4v) is 1.53. The van der Waals surface area contributed by atoms with E-state index in [4.69, 9.17) is 15.3 Å². The van der Waals surface area contributed by atoms with Crippen LogP contribution in [0.25, 0.3) is 0 Å². The van der Waals surface area contributed by atoms with E-state index in [1.807, 2.05) is 0 Å². The van der Waals surface area contributed by atoms with E-state index >= 15 is 0 Å². The van der Waals surface area contributed by atoms with Crippen molar-refractivity contribution in [3.05, 3.63) is 0 Å². The molecule has 0 aliphatic carbocycles. The van der Waals surface area contributed by atoms with Gasteiger partial charge in [-0.25, -0.2) is 0 Å². The molecule has 6 nitrogen and oxygen atoms in total. The van der Waals surface area contributed by atoms with Crippen LogP contribution in [0.5, 0.6) is 0 Å². The molecule has 5 N–H and O–H groups in total. The smallest absolute Gasteiger partial charge is 0.237 e. The molecule has 1 aliphatic rings. The van der Waals surface area contributed by atoms with E-state index in [1.165, 1.54) is 0 Å². The van der Waals surface area contributed by atoms with Gasteiger partial charge in [-0.05, 0) is 19.4 Å². The van der Waals surface area contributed by atoms with E-state index in [0.29, 0.717) is 0 Å². The molecule has 0 aromatic heterocycles. The van der Waals surface area contributed by atoms with Gasteiger partial charge in [0.25, 0.3) is 0 Å². The van der Waals surface area contributed by atoms with E-state index < -0.39 is 25.4 Å². The van der Waals surface area contributed by atoms with Crippen LogP contribution in [-0.4, -0.2) is 59.2 Å². The van der Waals surface area contributed by atoms with E-state index in [1.54, 1.807) is 0 Å². The van der Waals surface area contributed by atoms with Gasteiger partial charge in [0.05, 0.1) is 25.9 Å². The highest BCUT2D eigenvalue weighted by Gasteiger charge is 2.33. The van der Waals surface area contributed by atoms with Crippen molar-refractivity contribution >= 4 is 18.3 Å². The Morgan fingerprint density at radius 2 is 1.88 bits per heavy atom. The lowest BCUT2D eigenvalue weighted by molar-refractivity contribution is -0.127. The average molecular weight is 255 g/mol. The van der Waals surface area contributed by atoms with E-state index in [2.05, 4.69) is 10.6 Å². The molecule has 1 aliphatic heterocycles. The first-order chi connectivity index (χ1) is 7.17. The highest BCUT2D eigenvalue weighted by molar-refractivity contribution is 5.85. The van der Waals surface area contributed by atoms with Crippen LogP contribution in [-0.2, 0) is 4.79 Å². The fraction of sp³-hybridized carbons (Fsp3) is 0.889. The largest absolute Gasteiger partial charge is 0.394 e. The molecule has 16 heavy (non-hydrogen) atoms. The monoisotopic (exact) mass is 254 g/mol. The van der Waals surface area contributed by atoms with Gasteiger partial charge in [0.1, 0.15) is 5.54 Å². The predicted octanol–water partition coefficient (Wildman–Crippen LogP) is -2.01. The Hall–Kier alpha value is -0.400. The van der Waals surface area contributed by atoms with Crippen LogP contribution in [0.1, 0.15) is 12.8 Å². The number of rotatable bonds is 5. The Labute approximate surface area is 100 Å². The summed E-state index contributed by atoms with van der Waals surface area (Å²) in [5.74, 6) is -0.287. The van der Waals surface area contributed by atoms with Gasteiger partial charge >= 0.3 is 0 Å². The van der Waals surface area contributed by atoms with Crippen LogP contribution in [0.2, 0.25) is 0 Å². The number of carbonyl (C=O) groups excluding carboxylic acids is 1. The highest BCUT2D eigenvalue weighted by Crippen LogP contribution is 2.08. The maximum atomic E-state index is 11.6. The predicted molar refractivity (Wildman–Crippen MR) is 60.4 cm³/mol. The molecule has 96 valence electrons. The third kappa shape index (κ3) is 3.57. The van der Waals surface area contributed by atoms with E-state index in [9.17, 15) is 4.79 Å². The van der Waals surface area contributed by atoms with Crippen LogP contribution in [0.4, 0.5) is 0 Å². The van der Waals surface area contributed by atoms with Gasteiger partial charge in [0.2, 0.25) is 5.91 Å². The lowest BCUT2D eigenvalue weighted by atomic mass is 10.0. The number of hydrogen-bond donors (Lipinski definition) is 5. The zero-order valence-electron chi connectivity index (χ0n) is 8.98. The molecule has 0 bridgehead atoms. The number of amides is 1. The topological polar surface area (TPSA) is 102 Å². The third-order valence-electron chi connectivity index (χ3n) is 2.67. The van der Waals surface area contributed by atoms with Crippen LogP contribution in [0, 0.1) is 0 Å². The quantitative estimate of drug-likeness (QED) is 0.390. The first-order valence-corrected chi connectivity index (χ1v) is 5.05. The summed E-state index contributed by atoms with van der Waals surface area (Å²) in [6.45, 7) is -0.669. The normalized spacial score (nSPS) is 20.3. The molecule has 0 aromatic carbocycles. The zero-order chi connectivity index (χ0) is 11.3. The summed E-state index contributed by atoms with van der Waals surface area (Å²) in [5, 5.41) is 32.5.